The van der Waals surface area contributed by atoms with Crippen LogP contribution in [0.2, 0.25) is 0 Å². The molecular weight excluding hydrogens is 380 g/mol. The Balaban J connectivity index is 1.46. The smallest absolute Gasteiger partial charge is 0.323 e. The minimum atomic E-state index is -0.326. The molecule has 2 N–H and O–H groups in total. The molecule has 2 fully saturated rings. The van der Waals surface area contributed by atoms with E-state index in [4.69, 9.17) is 4.74 Å². The number of likely N-dealkylation sites (tertiary alicyclic amines) is 1. The van der Waals surface area contributed by atoms with E-state index >= 15 is 0 Å². The summed E-state index contributed by atoms with van der Waals surface area (Å²) >= 11 is 0. The van der Waals surface area contributed by atoms with Crippen LogP contribution in [0.3, 0.4) is 0 Å². The lowest BCUT2D eigenvalue weighted by atomic mass is 9.89. The van der Waals surface area contributed by atoms with E-state index in [-0.39, 0.29) is 35.3 Å². The molecule has 2 atom stereocenters. The first kappa shape index (κ1) is 20.7. The monoisotopic (exact) mass is 410 g/mol. The van der Waals surface area contributed by atoms with Crippen molar-refractivity contribution in [3.63, 3.8) is 0 Å². The van der Waals surface area contributed by atoms with Gasteiger partial charge in [-0.05, 0) is 36.6 Å². The highest BCUT2D eigenvalue weighted by molar-refractivity contribution is 6.03. The number of esters is 1. The fraction of sp³-hybridized carbons (Fsp3) is 0.500. The predicted octanol–water partition coefficient (Wildman–Crippen LogP) is 3.47. The van der Waals surface area contributed by atoms with Crippen LogP contribution in [0.15, 0.2) is 36.4 Å². The molecule has 2 aromatic carbocycles. The molecule has 1 aliphatic heterocycles. The number of nitrogens with one attached hydrogen (secondary N) is 1. The van der Waals surface area contributed by atoms with Crippen LogP contribution < -0.4 is 5.32 Å². The quantitative estimate of drug-likeness (QED) is 0.738. The summed E-state index contributed by atoms with van der Waals surface area (Å²) in [6.45, 7) is 1.49. The lowest BCUT2D eigenvalue weighted by Crippen LogP contribution is -2.41. The average molecular weight is 411 g/mol. The van der Waals surface area contributed by atoms with Gasteiger partial charge in [-0.2, -0.15) is 0 Å². The summed E-state index contributed by atoms with van der Waals surface area (Å²) in [5.74, 6) is 0.0413. The van der Waals surface area contributed by atoms with E-state index < -0.39 is 0 Å². The molecule has 2 aliphatic rings. The van der Waals surface area contributed by atoms with Crippen LogP contribution in [0.25, 0.3) is 10.8 Å². The van der Waals surface area contributed by atoms with Gasteiger partial charge >= 0.3 is 5.97 Å². The molecule has 1 aliphatic carbocycles. The Morgan fingerprint density at radius 2 is 1.90 bits per heavy atom. The molecule has 6 heteroatoms. The highest BCUT2D eigenvalue weighted by Crippen LogP contribution is 2.30. The first-order valence-corrected chi connectivity index (χ1v) is 10.9. The van der Waals surface area contributed by atoms with Crippen molar-refractivity contribution in [1.29, 1.82) is 0 Å². The van der Waals surface area contributed by atoms with Gasteiger partial charge < -0.3 is 15.2 Å². The van der Waals surface area contributed by atoms with Crippen LogP contribution in [0.4, 0.5) is 0 Å². The molecule has 0 bridgehead atoms. The minimum absolute atomic E-state index is 0.00724. The first-order chi connectivity index (χ1) is 14.6. The average Bonchev–Trinajstić information content (AvgIpc) is 3.16. The normalized spacial score (nSPS) is 22.8. The number of carbonyl (C=O) groups is 2. The summed E-state index contributed by atoms with van der Waals surface area (Å²) in [7, 11) is 1.42. The first-order valence-electron chi connectivity index (χ1n) is 10.9. The second kappa shape index (κ2) is 9.04. The summed E-state index contributed by atoms with van der Waals surface area (Å²) in [6.07, 6.45) is 6.73. The Kier molecular flexibility index (Phi) is 6.23. The van der Waals surface area contributed by atoms with Gasteiger partial charge in [0.2, 0.25) is 0 Å². The molecule has 0 spiro atoms. The third-order valence-electron chi connectivity index (χ3n) is 6.57. The summed E-state index contributed by atoms with van der Waals surface area (Å²) in [5, 5.41) is 15.2. The van der Waals surface area contributed by atoms with Gasteiger partial charge in [-0.3, -0.25) is 14.5 Å². The van der Waals surface area contributed by atoms with Crippen molar-refractivity contribution >= 4 is 22.6 Å². The SMILES string of the molecule is COC(=O)C1C[C@H](NC(=O)c2ccc3ccccc3c2O)CN1CC1CCCCC1. The number of hydrogen-bond donors (Lipinski definition) is 2. The zero-order valence-corrected chi connectivity index (χ0v) is 17.5. The number of benzene rings is 2. The van der Waals surface area contributed by atoms with E-state index in [1.165, 1.54) is 39.2 Å². The topological polar surface area (TPSA) is 78.9 Å². The lowest BCUT2D eigenvalue weighted by molar-refractivity contribution is -0.146. The maximum atomic E-state index is 12.9. The minimum Gasteiger partial charge on any atom is -0.506 e. The maximum absolute atomic E-state index is 12.9. The van der Waals surface area contributed by atoms with E-state index in [9.17, 15) is 14.7 Å². The second-order valence-electron chi connectivity index (χ2n) is 8.59. The number of nitrogens with zero attached hydrogens (tertiary/aromatic N) is 1. The molecule has 160 valence electrons. The highest BCUT2D eigenvalue weighted by Gasteiger charge is 2.39. The summed E-state index contributed by atoms with van der Waals surface area (Å²) < 4.78 is 5.03. The molecule has 0 radical (unpaired) electrons. The summed E-state index contributed by atoms with van der Waals surface area (Å²) in [6, 6.07) is 10.4. The zero-order chi connectivity index (χ0) is 21.1. The van der Waals surface area contributed by atoms with Crippen molar-refractivity contribution in [2.45, 2.75) is 50.6 Å². The molecular formula is C24H30N2O4. The van der Waals surface area contributed by atoms with Crippen LogP contribution in [-0.4, -0.2) is 54.2 Å². The van der Waals surface area contributed by atoms with Gasteiger partial charge in [0.25, 0.3) is 5.91 Å². The molecule has 30 heavy (non-hydrogen) atoms. The number of phenolic OH excluding ortho intramolecular Hbond substituents is 1. The Hall–Kier alpha value is -2.60. The number of phenols is 1. The molecule has 1 unspecified atom stereocenters. The van der Waals surface area contributed by atoms with Gasteiger partial charge in [-0.15, -0.1) is 0 Å². The van der Waals surface area contributed by atoms with Crippen molar-refractivity contribution < 1.29 is 19.4 Å². The van der Waals surface area contributed by atoms with Crippen LogP contribution in [0.1, 0.15) is 48.9 Å². The van der Waals surface area contributed by atoms with Crippen LogP contribution in [-0.2, 0) is 9.53 Å². The largest absolute Gasteiger partial charge is 0.506 e. The number of amides is 1. The van der Waals surface area contributed by atoms with Crippen LogP contribution in [0.5, 0.6) is 5.75 Å². The van der Waals surface area contributed by atoms with Gasteiger partial charge in [0, 0.05) is 24.5 Å². The zero-order valence-electron chi connectivity index (χ0n) is 17.5. The Labute approximate surface area is 177 Å². The molecule has 4 rings (SSSR count). The number of ether oxygens (including phenoxy) is 1. The Morgan fingerprint density at radius 3 is 2.67 bits per heavy atom. The fourth-order valence-electron chi connectivity index (χ4n) is 4.99. The van der Waals surface area contributed by atoms with Crippen LogP contribution in [0, 0.1) is 5.92 Å². The molecule has 1 saturated carbocycles. The van der Waals surface area contributed by atoms with E-state index in [2.05, 4.69) is 10.2 Å². The molecule has 0 aromatic heterocycles. The fourth-order valence-corrected chi connectivity index (χ4v) is 4.99. The maximum Gasteiger partial charge on any atom is 0.323 e. The second-order valence-corrected chi connectivity index (χ2v) is 8.59. The van der Waals surface area contributed by atoms with E-state index in [1.807, 2.05) is 24.3 Å². The number of hydrogen-bond acceptors (Lipinski definition) is 5. The van der Waals surface area contributed by atoms with Gasteiger partial charge in [0.05, 0.1) is 12.7 Å². The number of aromatic hydroxyl groups is 1. The third-order valence-corrected chi connectivity index (χ3v) is 6.57. The molecule has 2 aromatic rings. The number of carbonyl (C=O) groups excluding carboxylic acids is 2. The summed E-state index contributed by atoms with van der Waals surface area (Å²) in [5.41, 5.74) is 0.258. The number of methoxy groups -OCH3 is 1. The van der Waals surface area contributed by atoms with Gasteiger partial charge in [-0.25, -0.2) is 0 Å². The summed E-state index contributed by atoms with van der Waals surface area (Å²) in [4.78, 5) is 27.4. The van der Waals surface area contributed by atoms with Crippen molar-refractivity contribution in [2.24, 2.45) is 5.92 Å². The van der Waals surface area contributed by atoms with Crippen molar-refractivity contribution in [3.05, 3.63) is 42.0 Å². The standard InChI is InChI=1S/C24H30N2O4/c1-30-24(29)21-13-18(15-26(21)14-16-7-3-2-4-8-16)25-23(28)20-12-11-17-9-5-6-10-19(17)22(20)27/h5-6,9-12,16,18,21,27H,2-4,7-8,13-15H2,1H3,(H,25,28)/t18-,21?/m0/s1. The number of fused-ring (bicyclic) bond motifs is 1. The van der Waals surface area contributed by atoms with Crippen molar-refractivity contribution in [3.8, 4) is 5.75 Å². The van der Waals surface area contributed by atoms with Gasteiger partial charge in [0.1, 0.15) is 11.8 Å². The molecule has 1 amide bonds. The van der Waals surface area contributed by atoms with E-state index in [0.717, 1.165) is 11.9 Å². The van der Waals surface area contributed by atoms with Gasteiger partial charge in [0.15, 0.2) is 0 Å². The van der Waals surface area contributed by atoms with Crippen molar-refractivity contribution in [1.82, 2.24) is 10.2 Å². The lowest BCUT2D eigenvalue weighted by Gasteiger charge is -2.29. The highest BCUT2D eigenvalue weighted by atomic mass is 16.5. The molecule has 1 heterocycles. The Bertz CT molecular complexity index is 923. The van der Waals surface area contributed by atoms with Crippen LogP contribution >= 0.6 is 0 Å². The molecule has 6 nitrogen and oxygen atoms in total. The van der Waals surface area contributed by atoms with Crippen molar-refractivity contribution in [2.75, 3.05) is 20.2 Å². The Morgan fingerprint density at radius 1 is 1.13 bits per heavy atom. The van der Waals surface area contributed by atoms with E-state index in [1.54, 1.807) is 12.1 Å². The predicted molar refractivity (Wildman–Crippen MR) is 115 cm³/mol. The third kappa shape index (κ3) is 4.29. The molecule has 1 saturated heterocycles. The van der Waals surface area contributed by atoms with E-state index in [0.29, 0.717) is 24.3 Å². The number of rotatable bonds is 5. The van der Waals surface area contributed by atoms with Gasteiger partial charge in [-0.1, -0.05) is 49.6 Å².